The zero-order valence-corrected chi connectivity index (χ0v) is 12.2. The summed E-state index contributed by atoms with van der Waals surface area (Å²) in [7, 11) is 0. The predicted molar refractivity (Wildman–Crippen MR) is 77.9 cm³/mol. The summed E-state index contributed by atoms with van der Waals surface area (Å²) in [6.45, 7) is 2.58. The van der Waals surface area contributed by atoms with Gasteiger partial charge in [0.25, 0.3) is 0 Å². The lowest BCUT2D eigenvalue weighted by Gasteiger charge is -2.20. The van der Waals surface area contributed by atoms with E-state index in [0.29, 0.717) is 12.1 Å². The van der Waals surface area contributed by atoms with E-state index < -0.39 is 17.7 Å². The Bertz CT molecular complexity index is 614. The predicted octanol–water partition coefficient (Wildman–Crippen LogP) is 4.85. The molecule has 1 atom stereocenters. The molecule has 0 saturated heterocycles. The Hall–Kier alpha value is -1.52. The summed E-state index contributed by atoms with van der Waals surface area (Å²) in [6.07, 6.45) is 0.829. The molecule has 5 heteroatoms. The van der Waals surface area contributed by atoms with E-state index >= 15 is 0 Å². The molecule has 0 fully saturated rings. The van der Waals surface area contributed by atoms with Crippen LogP contribution in [0.2, 0.25) is 5.02 Å². The van der Waals surface area contributed by atoms with Gasteiger partial charge in [0.05, 0.1) is 11.1 Å². The highest BCUT2D eigenvalue weighted by molar-refractivity contribution is 6.30. The zero-order valence-electron chi connectivity index (χ0n) is 11.5. The molecule has 112 valence electrons. The maximum absolute atomic E-state index is 14.1. The molecule has 1 nitrogen and oxygen atoms in total. The molecule has 2 aromatic rings. The molecule has 0 spiro atoms. The Kier molecular flexibility index (Phi) is 5.26. The minimum absolute atomic E-state index is 0.150. The van der Waals surface area contributed by atoms with Crippen LogP contribution in [0, 0.1) is 17.5 Å². The third-order valence-corrected chi connectivity index (χ3v) is 3.44. The fourth-order valence-electron chi connectivity index (χ4n) is 2.11. The standard InChI is InChI=1S/C16H15ClF3N/c1-2-7-21-16(10-3-5-11(18)6-4-10)12-8-15(20)13(17)9-14(12)19/h3-6,8-9,16,21H,2,7H2,1H3. The lowest BCUT2D eigenvalue weighted by molar-refractivity contribution is 0.534. The molecule has 1 unspecified atom stereocenters. The number of nitrogens with one attached hydrogen (secondary N) is 1. The van der Waals surface area contributed by atoms with E-state index in [1.807, 2.05) is 6.92 Å². The van der Waals surface area contributed by atoms with Gasteiger partial charge in [0.2, 0.25) is 0 Å². The van der Waals surface area contributed by atoms with E-state index in [0.717, 1.165) is 18.6 Å². The van der Waals surface area contributed by atoms with Crippen LogP contribution in [0.15, 0.2) is 36.4 Å². The van der Waals surface area contributed by atoms with Crippen LogP contribution in [-0.2, 0) is 0 Å². The number of hydrogen-bond acceptors (Lipinski definition) is 1. The normalized spacial score (nSPS) is 12.4. The lowest BCUT2D eigenvalue weighted by Crippen LogP contribution is -2.24. The molecular weight excluding hydrogens is 299 g/mol. The monoisotopic (exact) mass is 313 g/mol. The highest BCUT2D eigenvalue weighted by Crippen LogP contribution is 2.28. The van der Waals surface area contributed by atoms with E-state index in [-0.39, 0.29) is 16.4 Å². The van der Waals surface area contributed by atoms with Crippen LogP contribution in [0.3, 0.4) is 0 Å². The van der Waals surface area contributed by atoms with Gasteiger partial charge in [0, 0.05) is 5.56 Å². The summed E-state index contributed by atoms with van der Waals surface area (Å²) in [4.78, 5) is 0. The summed E-state index contributed by atoms with van der Waals surface area (Å²) in [6, 6.07) is 7.16. The van der Waals surface area contributed by atoms with Crippen molar-refractivity contribution in [2.75, 3.05) is 6.54 Å². The number of halogens is 4. The summed E-state index contributed by atoms with van der Waals surface area (Å²) < 4.78 is 40.8. The van der Waals surface area contributed by atoms with E-state index in [9.17, 15) is 13.2 Å². The van der Waals surface area contributed by atoms with Crippen molar-refractivity contribution in [3.05, 3.63) is 70.0 Å². The van der Waals surface area contributed by atoms with E-state index in [1.54, 1.807) is 12.1 Å². The van der Waals surface area contributed by atoms with E-state index in [1.165, 1.54) is 12.1 Å². The maximum atomic E-state index is 14.1. The zero-order chi connectivity index (χ0) is 15.4. The van der Waals surface area contributed by atoms with Gasteiger partial charge >= 0.3 is 0 Å². The second kappa shape index (κ2) is 6.96. The van der Waals surface area contributed by atoms with Crippen LogP contribution >= 0.6 is 11.6 Å². The number of rotatable bonds is 5. The van der Waals surface area contributed by atoms with Crippen molar-refractivity contribution in [3.63, 3.8) is 0 Å². The minimum Gasteiger partial charge on any atom is -0.306 e. The molecule has 2 rings (SSSR count). The first-order valence-electron chi connectivity index (χ1n) is 6.66. The highest BCUT2D eigenvalue weighted by Gasteiger charge is 2.19. The van der Waals surface area contributed by atoms with E-state index in [2.05, 4.69) is 5.32 Å². The van der Waals surface area contributed by atoms with Gasteiger partial charge in [-0.15, -0.1) is 0 Å². The molecule has 0 heterocycles. The molecule has 21 heavy (non-hydrogen) atoms. The van der Waals surface area contributed by atoms with Crippen molar-refractivity contribution in [1.29, 1.82) is 0 Å². The summed E-state index contributed by atoms with van der Waals surface area (Å²) in [5.74, 6) is -1.66. The Balaban J connectivity index is 2.45. The van der Waals surface area contributed by atoms with Crippen molar-refractivity contribution in [2.24, 2.45) is 0 Å². The Labute approximate surface area is 126 Å². The fraction of sp³-hybridized carbons (Fsp3) is 0.250. The van der Waals surface area contributed by atoms with Crippen LogP contribution < -0.4 is 5.32 Å². The second-order valence-corrected chi connectivity index (χ2v) is 5.13. The first-order chi connectivity index (χ1) is 10.0. The van der Waals surface area contributed by atoms with Crippen molar-refractivity contribution in [1.82, 2.24) is 5.32 Å². The number of benzene rings is 2. The average Bonchev–Trinajstić information content (AvgIpc) is 2.46. The molecular formula is C16H15ClF3N. The van der Waals surface area contributed by atoms with E-state index in [4.69, 9.17) is 11.6 Å². The quantitative estimate of drug-likeness (QED) is 0.778. The Morgan fingerprint density at radius 1 is 1.05 bits per heavy atom. The van der Waals surface area contributed by atoms with Gasteiger partial charge in [0.1, 0.15) is 17.5 Å². The van der Waals surface area contributed by atoms with Crippen LogP contribution in [0.4, 0.5) is 13.2 Å². The fourth-order valence-corrected chi connectivity index (χ4v) is 2.26. The molecule has 0 aliphatic heterocycles. The highest BCUT2D eigenvalue weighted by atomic mass is 35.5. The lowest BCUT2D eigenvalue weighted by atomic mass is 9.97. The third kappa shape index (κ3) is 3.77. The van der Waals surface area contributed by atoms with Gasteiger partial charge in [-0.05, 0) is 42.8 Å². The SMILES string of the molecule is CCCNC(c1ccc(F)cc1)c1cc(F)c(Cl)cc1F. The topological polar surface area (TPSA) is 12.0 Å². The van der Waals surface area contributed by atoms with Crippen LogP contribution in [0.5, 0.6) is 0 Å². The van der Waals surface area contributed by atoms with Gasteiger partial charge in [-0.25, -0.2) is 13.2 Å². The molecule has 2 aromatic carbocycles. The smallest absolute Gasteiger partial charge is 0.142 e. The first kappa shape index (κ1) is 15.9. The minimum atomic E-state index is -0.682. The third-order valence-electron chi connectivity index (χ3n) is 3.15. The van der Waals surface area contributed by atoms with Gasteiger partial charge < -0.3 is 5.32 Å². The second-order valence-electron chi connectivity index (χ2n) is 4.73. The molecule has 1 N–H and O–H groups in total. The molecule has 0 radical (unpaired) electrons. The summed E-state index contributed by atoms with van der Waals surface area (Å²) in [5, 5.41) is 2.88. The maximum Gasteiger partial charge on any atom is 0.142 e. The van der Waals surface area contributed by atoms with Crippen molar-refractivity contribution >= 4 is 11.6 Å². The molecule has 0 amide bonds. The van der Waals surface area contributed by atoms with Crippen molar-refractivity contribution in [2.45, 2.75) is 19.4 Å². The Morgan fingerprint density at radius 3 is 2.33 bits per heavy atom. The Morgan fingerprint density at radius 2 is 1.71 bits per heavy atom. The van der Waals surface area contributed by atoms with Crippen LogP contribution in [0.25, 0.3) is 0 Å². The van der Waals surface area contributed by atoms with Gasteiger partial charge in [-0.2, -0.15) is 0 Å². The molecule has 0 aromatic heterocycles. The molecule has 0 aliphatic carbocycles. The van der Waals surface area contributed by atoms with Crippen LogP contribution in [0.1, 0.15) is 30.5 Å². The average molecular weight is 314 g/mol. The molecule has 0 saturated carbocycles. The summed E-state index contributed by atoms with van der Waals surface area (Å²) in [5.41, 5.74) is 0.808. The van der Waals surface area contributed by atoms with Crippen molar-refractivity contribution < 1.29 is 13.2 Å². The van der Waals surface area contributed by atoms with Gasteiger partial charge in [0.15, 0.2) is 0 Å². The van der Waals surface area contributed by atoms with Gasteiger partial charge in [-0.3, -0.25) is 0 Å². The van der Waals surface area contributed by atoms with Crippen molar-refractivity contribution in [3.8, 4) is 0 Å². The first-order valence-corrected chi connectivity index (χ1v) is 7.04. The summed E-state index contributed by atoms with van der Waals surface area (Å²) >= 11 is 5.58. The largest absolute Gasteiger partial charge is 0.306 e. The van der Waals surface area contributed by atoms with Gasteiger partial charge in [-0.1, -0.05) is 30.7 Å². The van der Waals surface area contributed by atoms with Crippen LogP contribution in [-0.4, -0.2) is 6.54 Å². The molecule has 0 aliphatic rings. The molecule has 0 bridgehead atoms. The number of hydrogen-bond donors (Lipinski definition) is 1.